The van der Waals surface area contributed by atoms with Crippen LogP contribution in [0.3, 0.4) is 0 Å². The highest BCUT2D eigenvalue weighted by atomic mass is 32.2. The molecule has 1 amide bonds. The molecule has 1 aromatic carbocycles. The van der Waals surface area contributed by atoms with Crippen molar-refractivity contribution in [3.8, 4) is 5.75 Å². The molecule has 0 radical (unpaired) electrons. The first kappa shape index (κ1) is 16.5. The van der Waals surface area contributed by atoms with Gasteiger partial charge in [-0.05, 0) is 17.7 Å². The normalized spacial score (nSPS) is 13.6. The molecule has 6 nitrogen and oxygen atoms in total. The van der Waals surface area contributed by atoms with Gasteiger partial charge in [0.15, 0.2) is 0 Å². The Kier molecular flexibility index (Phi) is 6.50. The lowest BCUT2D eigenvalue weighted by molar-refractivity contribution is -0.119. The Bertz CT molecular complexity index is 464. The van der Waals surface area contributed by atoms with Crippen molar-refractivity contribution in [2.45, 2.75) is 19.1 Å². The number of carbonyl (C=O) groups is 2. The maximum absolute atomic E-state index is 11.8. The van der Waals surface area contributed by atoms with Gasteiger partial charge in [-0.1, -0.05) is 23.9 Å². The Balaban J connectivity index is 2.47. The van der Waals surface area contributed by atoms with E-state index in [4.69, 9.17) is 10.8 Å². The van der Waals surface area contributed by atoms with Gasteiger partial charge in [0.05, 0.1) is 0 Å². The van der Waals surface area contributed by atoms with E-state index >= 15 is 0 Å². The predicted molar refractivity (Wildman–Crippen MR) is 77.2 cm³/mol. The number of amides is 1. The predicted octanol–water partition coefficient (Wildman–Crippen LogP) is 0.149. The summed E-state index contributed by atoms with van der Waals surface area (Å²) in [6.45, 7) is 1.76. The Morgan fingerprint density at radius 1 is 1.35 bits per heavy atom. The number of phenolic OH excluding ortho intramolecular Hbond substituents is 1. The molecule has 0 heterocycles. The molecule has 0 spiro atoms. The van der Waals surface area contributed by atoms with Crippen molar-refractivity contribution < 1.29 is 19.8 Å². The summed E-state index contributed by atoms with van der Waals surface area (Å²) in [6, 6.07) is 4.80. The third kappa shape index (κ3) is 5.20. The number of hydrogen-bond acceptors (Lipinski definition) is 6. The highest BCUT2D eigenvalue weighted by molar-refractivity contribution is 8.13. The number of nitrogens with one attached hydrogen (secondary N) is 1. The molecule has 1 aromatic rings. The highest BCUT2D eigenvalue weighted by Gasteiger charge is 2.24. The second-order valence-electron chi connectivity index (χ2n) is 4.21. The van der Waals surface area contributed by atoms with E-state index in [0.29, 0.717) is 17.9 Å². The summed E-state index contributed by atoms with van der Waals surface area (Å²) in [6.07, 6.45) is -1.13. The molecule has 2 atom stereocenters. The number of thioether (sulfide) groups is 1. The van der Waals surface area contributed by atoms with Crippen LogP contribution < -0.4 is 11.1 Å². The summed E-state index contributed by atoms with van der Waals surface area (Å²) in [5.41, 5.74) is 6.17. The van der Waals surface area contributed by atoms with Crippen LogP contribution in [-0.2, 0) is 9.59 Å². The average molecular weight is 298 g/mol. The molecular weight excluding hydrogens is 280 g/mol. The molecule has 7 heteroatoms. The van der Waals surface area contributed by atoms with Gasteiger partial charge in [-0.15, -0.1) is 0 Å². The average Bonchev–Trinajstić information content (AvgIpc) is 2.42. The molecule has 0 aliphatic heterocycles. The first-order valence-electron chi connectivity index (χ1n) is 6.05. The zero-order chi connectivity index (χ0) is 15.1. The zero-order valence-electron chi connectivity index (χ0n) is 11.1. The number of nitrogens with two attached hydrogens (primary N) is 1. The van der Waals surface area contributed by atoms with Gasteiger partial charge in [-0.25, -0.2) is 0 Å². The summed E-state index contributed by atoms with van der Waals surface area (Å²) in [5.74, 6) is 0.311. The van der Waals surface area contributed by atoms with E-state index < -0.39 is 12.1 Å². The summed E-state index contributed by atoms with van der Waals surface area (Å²) in [5, 5.41) is 21.4. The van der Waals surface area contributed by atoms with Gasteiger partial charge in [0.2, 0.25) is 11.0 Å². The lowest BCUT2D eigenvalue weighted by atomic mass is 10.0. The fraction of sp³-hybridized carbons (Fsp3) is 0.385. The summed E-state index contributed by atoms with van der Waals surface area (Å²) in [4.78, 5) is 22.4. The molecule has 1 rings (SSSR count). The highest BCUT2D eigenvalue weighted by Crippen LogP contribution is 2.21. The third-order valence-corrected chi connectivity index (χ3v) is 3.53. The van der Waals surface area contributed by atoms with Gasteiger partial charge in [0.25, 0.3) is 0 Å². The van der Waals surface area contributed by atoms with E-state index in [1.54, 1.807) is 0 Å². The van der Waals surface area contributed by atoms with Gasteiger partial charge in [-0.2, -0.15) is 0 Å². The number of benzene rings is 1. The lowest BCUT2D eigenvalue weighted by Gasteiger charge is -2.17. The van der Waals surface area contributed by atoms with Crippen molar-refractivity contribution in [2.75, 3.05) is 12.3 Å². The topological polar surface area (TPSA) is 113 Å². The number of hydrogen-bond donors (Lipinski definition) is 4. The fourth-order valence-corrected chi connectivity index (χ4v) is 2.21. The maximum Gasteiger partial charge on any atom is 0.216 e. The van der Waals surface area contributed by atoms with Crippen LogP contribution in [0.2, 0.25) is 0 Å². The minimum Gasteiger partial charge on any atom is -0.508 e. The van der Waals surface area contributed by atoms with E-state index in [-0.39, 0.29) is 16.8 Å². The van der Waals surface area contributed by atoms with Crippen LogP contribution in [-0.4, -0.2) is 39.6 Å². The Morgan fingerprint density at radius 3 is 2.50 bits per heavy atom. The second-order valence-corrected chi connectivity index (χ2v) is 5.31. The number of aliphatic hydroxyl groups is 1. The SMILES string of the molecule is CC(=O)NCCSC(=O)[C@@H](N)[C@H](O)c1ccc(O)cc1. The monoisotopic (exact) mass is 298 g/mol. The smallest absolute Gasteiger partial charge is 0.216 e. The standard InChI is InChI=1S/C13H18N2O4S/c1-8(16)15-6-7-20-13(19)11(14)12(18)9-2-4-10(17)5-3-9/h2-5,11-12,17-18H,6-7,14H2,1H3,(H,15,16)/t11-,12+/m0/s1. The molecule has 20 heavy (non-hydrogen) atoms. The minimum absolute atomic E-state index is 0.0746. The number of carbonyl (C=O) groups excluding carboxylic acids is 2. The van der Waals surface area contributed by atoms with Crippen LogP contribution in [0, 0.1) is 0 Å². The van der Waals surface area contributed by atoms with Gasteiger partial charge in [0, 0.05) is 19.2 Å². The van der Waals surface area contributed by atoms with Gasteiger partial charge < -0.3 is 21.3 Å². The van der Waals surface area contributed by atoms with Crippen molar-refractivity contribution in [3.63, 3.8) is 0 Å². The minimum atomic E-state index is -1.13. The van der Waals surface area contributed by atoms with Crippen LogP contribution in [0.1, 0.15) is 18.6 Å². The molecule has 0 aliphatic rings. The Labute approximate surface area is 121 Å². The number of rotatable bonds is 6. The van der Waals surface area contributed by atoms with E-state index in [0.717, 1.165) is 11.8 Å². The molecule has 0 bridgehead atoms. The first-order chi connectivity index (χ1) is 9.41. The van der Waals surface area contributed by atoms with Gasteiger partial charge >= 0.3 is 0 Å². The van der Waals surface area contributed by atoms with Gasteiger partial charge in [-0.3, -0.25) is 9.59 Å². The molecule has 0 saturated carbocycles. The summed E-state index contributed by atoms with van der Waals surface area (Å²) >= 11 is 0.965. The van der Waals surface area contributed by atoms with Crippen LogP contribution in [0.5, 0.6) is 5.75 Å². The van der Waals surface area contributed by atoms with Crippen LogP contribution in [0.4, 0.5) is 0 Å². The Morgan fingerprint density at radius 2 is 1.95 bits per heavy atom. The molecule has 0 aromatic heterocycles. The molecule has 0 aliphatic carbocycles. The van der Waals surface area contributed by atoms with Crippen LogP contribution in [0.25, 0.3) is 0 Å². The van der Waals surface area contributed by atoms with E-state index in [1.165, 1.54) is 31.2 Å². The number of aliphatic hydroxyl groups excluding tert-OH is 1. The van der Waals surface area contributed by atoms with Crippen molar-refractivity contribution in [3.05, 3.63) is 29.8 Å². The number of phenols is 1. The van der Waals surface area contributed by atoms with E-state index in [1.807, 2.05) is 0 Å². The lowest BCUT2D eigenvalue weighted by Crippen LogP contribution is -2.35. The second kappa shape index (κ2) is 7.88. The Hall–Kier alpha value is -1.57. The van der Waals surface area contributed by atoms with E-state index in [9.17, 15) is 14.7 Å². The summed E-state index contributed by atoms with van der Waals surface area (Å²) in [7, 11) is 0. The van der Waals surface area contributed by atoms with E-state index in [2.05, 4.69) is 5.32 Å². The fourth-order valence-electron chi connectivity index (χ4n) is 1.48. The third-order valence-electron chi connectivity index (χ3n) is 2.57. The largest absolute Gasteiger partial charge is 0.508 e. The zero-order valence-corrected chi connectivity index (χ0v) is 11.9. The van der Waals surface area contributed by atoms with Crippen molar-refractivity contribution in [1.29, 1.82) is 0 Å². The van der Waals surface area contributed by atoms with Crippen molar-refractivity contribution >= 4 is 22.8 Å². The molecule has 0 saturated heterocycles. The molecule has 0 unspecified atom stereocenters. The van der Waals surface area contributed by atoms with Crippen LogP contribution >= 0.6 is 11.8 Å². The van der Waals surface area contributed by atoms with Crippen molar-refractivity contribution in [2.24, 2.45) is 5.73 Å². The molecule has 5 N–H and O–H groups in total. The first-order valence-corrected chi connectivity index (χ1v) is 7.04. The van der Waals surface area contributed by atoms with Gasteiger partial charge in [0.1, 0.15) is 17.9 Å². The molecule has 0 fully saturated rings. The quantitative estimate of drug-likeness (QED) is 0.556. The number of aromatic hydroxyl groups is 1. The molecular formula is C13H18N2O4S. The van der Waals surface area contributed by atoms with Crippen LogP contribution in [0.15, 0.2) is 24.3 Å². The maximum atomic E-state index is 11.8. The summed E-state index contributed by atoms with van der Waals surface area (Å²) < 4.78 is 0. The molecule has 110 valence electrons. The van der Waals surface area contributed by atoms with Crippen molar-refractivity contribution in [1.82, 2.24) is 5.32 Å².